The molecule has 1 aromatic heterocycles. The Morgan fingerprint density at radius 2 is 1.85 bits per heavy atom. The monoisotopic (exact) mass is 285 g/mol. The number of alkyl halides is 4. The van der Waals surface area contributed by atoms with E-state index in [9.17, 15) is 22.4 Å². The summed E-state index contributed by atoms with van der Waals surface area (Å²) in [6.45, 7) is 0.727. The molecule has 0 N–H and O–H groups in total. The molecular weight excluding hydrogens is 274 g/mol. The van der Waals surface area contributed by atoms with Crippen molar-refractivity contribution in [2.75, 3.05) is 0 Å². The normalized spacial score (nSPS) is 11.9. The van der Waals surface area contributed by atoms with Gasteiger partial charge < -0.3 is 0 Å². The fourth-order valence-corrected chi connectivity index (χ4v) is 1.76. The van der Waals surface area contributed by atoms with Crippen LogP contribution in [0.5, 0.6) is 0 Å². The van der Waals surface area contributed by atoms with E-state index < -0.39 is 17.9 Å². The summed E-state index contributed by atoms with van der Waals surface area (Å²) in [4.78, 5) is 11.7. The second-order valence-electron chi connectivity index (χ2n) is 4.41. The number of rotatable bonds is 3. The van der Waals surface area contributed by atoms with Gasteiger partial charge in [-0.15, -0.1) is 0 Å². The van der Waals surface area contributed by atoms with Gasteiger partial charge in [0.15, 0.2) is 0 Å². The van der Waals surface area contributed by atoms with Crippen LogP contribution in [0.1, 0.15) is 24.5 Å². The predicted octanol–water partition coefficient (Wildman–Crippen LogP) is 3.89. The van der Waals surface area contributed by atoms with Gasteiger partial charge in [-0.1, -0.05) is 12.1 Å². The number of nitrogens with zero attached hydrogens (tertiary/aromatic N) is 1. The van der Waals surface area contributed by atoms with E-state index in [1.807, 2.05) is 0 Å². The molecule has 0 amide bonds. The highest BCUT2D eigenvalue weighted by Gasteiger charge is 2.24. The van der Waals surface area contributed by atoms with E-state index in [4.69, 9.17) is 0 Å². The van der Waals surface area contributed by atoms with E-state index in [2.05, 4.69) is 0 Å². The first-order chi connectivity index (χ1) is 9.29. The fraction of sp³-hybridized carbons (Fsp3) is 0.214. The van der Waals surface area contributed by atoms with E-state index in [0.717, 1.165) is 35.9 Å². The summed E-state index contributed by atoms with van der Waals surface area (Å²) in [6.07, 6.45) is -1.78. The van der Waals surface area contributed by atoms with Gasteiger partial charge in [-0.3, -0.25) is 9.36 Å². The van der Waals surface area contributed by atoms with Gasteiger partial charge in [0.2, 0.25) is 0 Å². The number of pyridine rings is 1. The molecule has 1 aromatic carbocycles. The highest BCUT2D eigenvalue weighted by Crippen LogP contribution is 2.28. The van der Waals surface area contributed by atoms with Gasteiger partial charge in [-0.05, 0) is 18.2 Å². The van der Waals surface area contributed by atoms with Gasteiger partial charge in [0.05, 0.1) is 0 Å². The lowest BCUT2D eigenvalue weighted by Crippen LogP contribution is -2.18. The third kappa shape index (κ3) is 2.89. The second-order valence-corrected chi connectivity index (χ2v) is 4.41. The van der Waals surface area contributed by atoms with E-state index >= 15 is 0 Å². The molecule has 0 aliphatic carbocycles. The van der Waals surface area contributed by atoms with Gasteiger partial charge in [-0.2, -0.15) is 0 Å². The summed E-state index contributed by atoms with van der Waals surface area (Å²) in [6, 6.07) is 7.08. The van der Waals surface area contributed by atoms with Crippen LogP contribution in [0.25, 0.3) is 5.69 Å². The summed E-state index contributed by atoms with van der Waals surface area (Å²) >= 11 is 0. The maximum atomic E-state index is 13.3. The molecule has 0 fully saturated rings. The highest BCUT2D eigenvalue weighted by atomic mass is 19.3. The van der Waals surface area contributed by atoms with E-state index in [0.29, 0.717) is 0 Å². The van der Waals surface area contributed by atoms with Crippen molar-refractivity contribution in [2.24, 2.45) is 0 Å². The Morgan fingerprint density at radius 3 is 2.45 bits per heavy atom. The van der Waals surface area contributed by atoms with Crippen molar-refractivity contribution in [1.29, 1.82) is 0 Å². The van der Waals surface area contributed by atoms with Crippen molar-refractivity contribution in [3.63, 3.8) is 0 Å². The molecule has 0 saturated carbocycles. The number of aromatic nitrogens is 1. The average Bonchev–Trinajstić information content (AvgIpc) is 2.38. The minimum Gasteiger partial charge on any atom is -0.284 e. The lowest BCUT2D eigenvalue weighted by atomic mass is 10.1. The Morgan fingerprint density at radius 1 is 1.15 bits per heavy atom. The standard InChI is InChI=1S/C14H11F4NO/c1-14(17,18)10-3-2-4-11(7-10)19-8-9(13(15)16)5-6-12(19)20/h2-8,13H,1H3. The van der Waals surface area contributed by atoms with Crippen LogP contribution in [-0.2, 0) is 5.92 Å². The highest BCUT2D eigenvalue weighted by molar-refractivity contribution is 5.38. The van der Waals surface area contributed by atoms with E-state index in [-0.39, 0.29) is 16.8 Å². The van der Waals surface area contributed by atoms with Crippen LogP contribution < -0.4 is 5.56 Å². The Labute approximate surface area is 112 Å². The first-order valence-corrected chi connectivity index (χ1v) is 5.78. The number of halogens is 4. The minimum atomic E-state index is -3.07. The smallest absolute Gasteiger partial charge is 0.270 e. The summed E-state index contributed by atoms with van der Waals surface area (Å²) in [7, 11) is 0. The molecule has 0 spiro atoms. The van der Waals surface area contributed by atoms with Crippen molar-refractivity contribution < 1.29 is 17.6 Å². The first-order valence-electron chi connectivity index (χ1n) is 5.78. The zero-order valence-corrected chi connectivity index (χ0v) is 10.5. The number of hydrogen-bond donors (Lipinski definition) is 0. The lowest BCUT2D eigenvalue weighted by molar-refractivity contribution is 0.0174. The third-order valence-electron chi connectivity index (χ3n) is 2.82. The maximum Gasteiger partial charge on any atom is 0.270 e. The Kier molecular flexibility index (Phi) is 3.65. The first kappa shape index (κ1) is 14.3. The molecule has 2 nitrogen and oxygen atoms in total. The van der Waals surface area contributed by atoms with Gasteiger partial charge >= 0.3 is 0 Å². The van der Waals surface area contributed by atoms with Crippen molar-refractivity contribution in [2.45, 2.75) is 19.3 Å². The SMILES string of the molecule is CC(F)(F)c1cccc(-n2cc(C(F)F)ccc2=O)c1. The molecule has 106 valence electrons. The van der Waals surface area contributed by atoms with Gasteiger partial charge in [0.25, 0.3) is 17.9 Å². The predicted molar refractivity (Wildman–Crippen MR) is 66.6 cm³/mol. The number of hydrogen-bond acceptors (Lipinski definition) is 1. The second kappa shape index (κ2) is 5.11. The van der Waals surface area contributed by atoms with Gasteiger partial charge in [0.1, 0.15) is 0 Å². The molecule has 0 bridgehead atoms. The molecule has 0 unspecified atom stereocenters. The van der Waals surface area contributed by atoms with Crippen molar-refractivity contribution in [3.05, 3.63) is 64.1 Å². The van der Waals surface area contributed by atoms with Crippen molar-refractivity contribution >= 4 is 0 Å². The molecule has 6 heteroatoms. The Hall–Kier alpha value is -2.11. The average molecular weight is 285 g/mol. The molecule has 2 rings (SSSR count). The largest absolute Gasteiger partial charge is 0.284 e. The molecule has 0 saturated heterocycles. The fourth-order valence-electron chi connectivity index (χ4n) is 1.76. The van der Waals surface area contributed by atoms with Crippen LogP contribution in [-0.4, -0.2) is 4.57 Å². The Bertz CT molecular complexity index is 673. The van der Waals surface area contributed by atoms with E-state index in [1.165, 1.54) is 18.2 Å². The molecule has 2 aromatic rings. The summed E-state index contributed by atoms with van der Waals surface area (Å²) in [5.74, 6) is -3.07. The van der Waals surface area contributed by atoms with Crippen LogP contribution in [0.4, 0.5) is 17.6 Å². The summed E-state index contributed by atoms with van der Waals surface area (Å²) in [5.41, 5.74) is -1.08. The molecular formula is C14H11F4NO. The summed E-state index contributed by atoms with van der Waals surface area (Å²) < 4.78 is 52.7. The molecule has 20 heavy (non-hydrogen) atoms. The zero-order valence-electron chi connectivity index (χ0n) is 10.5. The molecule has 1 heterocycles. The molecule has 0 atom stereocenters. The van der Waals surface area contributed by atoms with Gasteiger partial charge in [-0.25, -0.2) is 17.6 Å². The molecule has 0 radical (unpaired) electrons. The topological polar surface area (TPSA) is 22.0 Å². The lowest BCUT2D eigenvalue weighted by Gasteiger charge is -2.13. The Balaban J connectivity index is 2.57. The molecule has 0 aliphatic rings. The minimum absolute atomic E-state index is 0.122. The van der Waals surface area contributed by atoms with Crippen LogP contribution in [0, 0.1) is 0 Å². The molecule has 0 aliphatic heterocycles. The van der Waals surface area contributed by atoms with Crippen molar-refractivity contribution in [3.8, 4) is 5.69 Å². The number of benzene rings is 1. The van der Waals surface area contributed by atoms with Crippen molar-refractivity contribution in [1.82, 2.24) is 4.57 Å². The van der Waals surface area contributed by atoms with Crippen LogP contribution in [0.15, 0.2) is 47.4 Å². The zero-order chi connectivity index (χ0) is 14.9. The quantitative estimate of drug-likeness (QED) is 0.784. The maximum absolute atomic E-state index is 13.3. The van der Waals surface area contributed by atoms with E-state index in [1.54, 1.807) is 0 Å². The van der Waals surface area contributed by atoms with Gasteiger partial charge in [0, 0.05) is 36.0 Å². The summed E-state index contributed by atoms with van der Waals surface area (Å²) in [5, 5.41) is 0. The van der Waals surface area contributed by atoms with Crippen LogP contribution >= 0.6 is 0 Å². The third-order valence-corrected chi connectivity index (χ3v) is 2.82. The van der Waals surface area contributed by atoms with Crippen LogP contribution in [0.2, 0.25) is 0 Å². The van der Waals surface area contributed by atoms with Crippen LogP contribution in [0.3, 0.4) is 0 Å².